The molecule has 2 rings (SSSR count). The van der Waals surface area contributed by atoms with Gasteiger partial charge in [-0.3, -0.25) is 0 Å². The van der Waals surface area contributed by atoms with Gasteiger partial charge in [-0.05, 0) is 48.2 Å². The van der Waals surface area contributed by atoms with E-state index in [9.17, 15) is 14.7 Å². The normalized spacial score (nSPS) is 10.0. The number of aryl methyl sites for hydroxylation is 1. The highest BCUT2D eigenvalue weighted by atomic mass is 16.4. The van der Waals surface area contributed by atoms with Crippen LogP contribution in [0.3, 0.4) is 0 Å². The number of rotatable bonds is 5. The lowest BCUT2D eigenvalue weighted by molar-refractivity contribution is 0.0687. The van der Waals surface area contributed by atoms with Gasteiger partial charge in [0.05, 0.1) is 11.1 Å². The minimum atomic E-state index is -1.03. The number of unbranched alkanes of at least 4 members (excludes halogenated alkanes) is 1. The second-order valence-corrected chi connectivity index (χ2v) is 4.93. The molecule has 4 heteroatoms. The van der Waals surface area contributed by atoms with E-state index in [4.69, 9.17) is 5.11 Å². The molecule has 0 atom stereocenters. The molecule has 2 aromatic rings. The molecule has 22 heavy (non-hydrogen) atoms. The molecule has 0 amide bonds. The third kappa shape index (κ3) is 3.26. The molecule has 0 radical (unpaired) electrons. The van der Waals surface area contributed by atoms with Crippen LogP contribution in [0.2, 0.25) is 0 Å². The Hall–Kier alpha value is -2.80. The molecule has 2 N–H and O–H groups in total. The highest BCUT2D eigenvalue weighted by Gasteiger charge is 2.15. The van der Waals surface area contributed by atoms with Crippen molar-refractivity contribution in [3.8, 4) is 11.8 Å². The van der Waals surface area contributed by atoms with Gasteiger partial charge < -0.3 is 10.2 Å². The molecule has 0 bridgehead atoms. The van der Waals surface area contributed by atoms with E-state index in [0.29, 0.717) is 17.2 Å². The Labute approximate surface area is 128 Å². The van der Waals surface area contributed by atoms with Crippen molar-refractivity contribution in [2.24, 2.45) is 0 Å². The SMILES string of the molecule is CC#CCCCc1ccc2cc(C(=O)O)ccc2c1C(=O)O. The highest BCUT2D eigenvalue weighted by molar-refractivity contribution is 6.06. The van der Waals surface area contributed by atoms with Crippen LogP contribution in [0.5, 0.6) is 0 Å². The molecule has 0 saturated heterocycles. The zero-order chi connectivity index (χ0) is 16.1. The first-order valence-corrected chi connectivity index (χ1v) is 6.96. The van der Waals surface area contributed by atoms with Crippen LogP contribution in [-0.2, 0) is 6.42 Å². The van der Waals surface area contributed by atoms with Crippen molar-refractivity contribution < 1.29 is 19.8 Å². The fourth-order valence-corrected chi connectivity index (χ4v) is 2.46. The van der Waals surface area contributed by atoms with Crippen LogP contribution in [0.25, 0.3) is 10.8 Å². The van der Waals surface area contributed by atoms with E-state index in [2.05, 4.69) is 11.8 Å². The minimum absolute atomic E-state index is 0.148. The molecule has 0 aromatic heterocycles. The van der Waals surface area contributed by atoms with Crippen LogP contribution in [0.1, 0.15) is 46.0 Å². The molecule has 0 aliphatic rings. The standard InChI is InChI=1S/C18H16O4/c1-2-3-4-5-6-12-7-8-13-11-14(17(19)20)9-10-15(13)16(12)18(21)22/h7-11H,4-6H2,1H3,(H,19,20)(H,21,22). The smallest absolute Gasteiger partial charge is 0.336 e. The zero-order valence-electron chi connectivity index (χ0n) is 12.2. The average Bonchev–Trinajstić information content (AvgIpc) is 2.50. The molecular weight excluding hydrogens is 280 g/mol. The number of aromatic carboxylic acids is 2. The van der Waals surface area contributed by atoms with Crippen LogP contribution in [0.15, 0.2) is 30.3 Å². The molecule has 2 aromatic carbocycles. The quantitative estimate of drug-likeness (QED) is 0.653. The Morgan fingerprint density at radius 1 is 1.09 bits per heavy atom. The van der Waals surface area contributed by atoms with Gasteiger partial charge in [0.25, 0.3) is 0 Å². The first-order chi connectivity index (χ1) is 10.5. The van der Waals surface area contributed by atoms with Gasteiger partial charge in [0.15, 0.2) is 0 Å². The summed E-state index contributed by atoms with van der Waals surface area (Å²) >= 11 is 0. The van der Waals surface area contributed by atoms with Crippen molar-refractivity contribution >= 4 is 22.7 Å². The number of fused-ring (bicyclic) bond motifs is 1. The molecular formula is C18H16O4. The predicted octanol–water partition coefficient (Wildman–Crippen LogP) is 3.58. The fourth-order valence-electron chi connectivity index (χ4n) is 2.46. The topological polar surface area (TPSA) is 74.6 Å². The third-order valence-electron chi connectivity index (χ3n) is 3.49. The Bertz CT molecular complexity index is 794. The maximum atomic E-state index is 11.6. The van der Waals surface area contributed by atoms with Gasteiger partial charge in [0, 0.05) is 6.42 Å². The van der Waals surface area contributed by atoms with Crippen LogP contribution in [0, 0.1) is 11.8 Å². The fraction of sp³-hybridized carbons (Fsp3) is 0.222. The Kier molecular flexibility index (Phi) is 4.80. The zero-order valence-corrected chi connectivity index (χ0v) is 12.2. The van der Waals surface area contributed by atoms with E-state index in [1.165, 1.54) is 12.1 Å². The van der Waals surface area contributed by atoms with Crippen molar-refractivity contribution in [2.75, 3.05) is 0 Å². The third-order valence-corrected chi connectivity index (χ3v) is 3.49. The van der Waals surface area contributed by atoms with Crippen molar-refractivity contribution in [1.29, 1.82) is 0 Å². The number of carboxylic acid groups (broad SMARTS) is 2. The van der Waals surface area contributed by atoms with Crippen LogP contribution >= 0.6 is 0 Å². The van der Waals surface area contributed by atoms with E-state index < -0.39 is 11.9 Å². The van der Waals surface area contributed by atoms with Crippen LogP contribution < -0.4 is 0 Å². The van der Waals surface area contributed by atoms with E-state index in [0.717, 1.165) is 18.4 Å². The van der Waals surface area contributed by atoms with E-state index in [-0.39, 0.29) is 11.1 Å². The maximum absolute atomic E-state index is 11.6. The van der Waals surface area contributed by atoms with Gasteiger partial charge >= 0.3 is 11.9 Å². The van der Waals surface area contributed by atoms with E-state index >= 15 is 0 Å². The summed E-state index contributed by atoms with van der Waals surface area (Å²) in [6.07, 6.45) is 2.15. The lowest BCUT2D eigenvalue weighted by atomic mass is 9.94. The summed E-state index contributed by atoms with van der Waals surface area (Å²) in [5.74, 6) is 3.76. The first kappa shape index (κ1) is 15.6. The number of hydrogen-bond donors (Lipinski definition) is 2. The van der Waals surface area contributed by atoms with E-state index in [1.54, 1.807) is 25.1 Å². The summed E-state index contributed by atoms with van der Waals surface area (Å²) in [6, 6.07) is 8.03. The molecule has 0 spiro atoms. The van der Waals surface area contributed by atoms with Gasteiger partial charge in [-0.15, -0.1) is 11.8 Å². The minimum Gasteiger partial charge on any atom is -0.478 e. The first-order valence-electron chi connectivity index (χ1n) is 6.96. The number of carbonyl (C=O) groups is 2. The maximum Gasteiger partial charge on any atom is 0.336 e. The van der Waals surface area contributed by atoms with Gasteiger partial charge in [0.1, 0.15) is 0 Å². The second kappa shape index (κ2) is 6.77. The van der Waals surface area contributed by atoms with Gasteiger partial charge in [0.2, 0.25) is 0 Å². The Balaban J connectivity index is 2.47. The van der Waals surface area contributed by atoms with Gasteiger partial charge in [-0.25, -0.2) is 9.59 Å². The summed E-state index contributed by atoms with van der Waals surface area (Å²) in [7, 11) is 0. The summed E-state index contributed by atoms with van der Waals surface area (Å²) in [6.45, 7) is 1.78. The van der Waals surface area contributed by atoms with E-state index in [1.807, 2.05) is 0 Å². The summed E-state index contributed by atoms with van der Waals surface area (Å²) < 4.78 is 0. The summed E-state index contributed by atoms with van der Waals surface area (Å²) in [5, 5.41) is 19.7. The summed E-state index contributed by atoms with van der Waals surface area (Å²) in [5.41, 5.74) is 1.15. The monoisotopic (exact) mass is 296 g/mol. The number of carboxylic acids is 2. The number of hydrogen-bond acceptors (Lipinski definition) is 2. The second-order valence-electron chi connectivity index (χ2n) is 4.93. The Morgan fingerprint density at radius 2 is 1.86 bits per heavy atom. The Morgan fingerprint density at radius 3 is 2.50 bits per heavy atom. The van der Waals surface area contributed by atoms with Gasteiger partial charge in [-0.2, -0.15) is 0 Å². The van der Waals surface area contributed by atoms with Crippen molar-refractivity contribution in [2.45, 2.75) is 26.2 Å². The molecule has 0 aliphatic heterocycles. The molecule has 4 nitrogen and oxygen atoms in total. The molecule has 0 fully saturated rings. The summed E-state index contributed by atoms with van der Waals surface area (Å²) in [4.78, 5) is 22.6. The van der Waals surface area contributed by atoms with Crippen LogP contribution in [0.4, 0.5) is 0 Å². The van der Waals surface area contributed by atoms with Crippen LogP contribution in [-0.4, -0.2) is 22.2 Å². The van der Waals surface area contributed by atoms with Crippen molar-refractivity contribution in [3.05, 3.63) is 47.0 Å². The molecule has 0 unspecified atom stereocenters. The highest BCUT2D eigenvalue weighted by Crippen LogP contribution is 2.25. The molecule has 0 saturated carbocycles. The number of benzene rings is 2. The largest absolute Gasteiger partial charge is 0.478 e. The molecule has 0 aliphatic carbocycles. The van der Waals surface area contributed by atoms with Crippen molar-refractivity contribution in [1.82, 2.24) is 0 Å². The lowest BCUT2D eigenvalue weighted by Gasteiger charge is -2.10. The van der Waals surface area contributed by atoms with Crippen molar-refractivity contribution in [3.63, 3.8) is 0 Å². The molecule has 112 valence electrons. The van der Waals surface area contributed by atoms with Gasteiger partial charge in [-0.1, -0.05) is 18.2 Å². The lowest BCUT2D eigenvalue weighted by Crippen LogP contribution is -2.05. The average molecular weight is 296 g/mol. The molecule has 0 heterocycles. The predicted molar refractivity (Wildman–Crippen MR) is 84.3 cm³/mol.